The van der Waals surface area contributed by atoms with Gasteiger partial charge in [-0.3, -0.25) is 14.6 Å². The number of benzene rings is 1. The number of para-hydroxylation sites is 1. The van der Waals surface area contributed by atoms with Gasteiger partial charge in [0.25, 0.3) is 5.91 Å². The Balaban J connectivity index is 1.91. The Morgan fingerprint density at radius 1 is 1.10 bits per heavy atom. The number of hydrogen-bond donors (Lipinski definition) is 4. The molecule has 0 fully saturated rings. The van der Waals surface area contributed by atoms with Gasteiger partial charge >= 0.3 is 0 Å². The predicted molar refractivity (Wildman–Crippen MR) is 114 cm³/mol. The van der Waals surface area contributed by atoms with Crippen molar-refractivity contribution in [3.8, 4) is 0 Å². The summed E-state index contributed by atoms with van der Waals surface area (Å²) in [5, 5.41) is 7.08. The van der Waals surface area contributed by atoms with E-state index in [-0.39, 0.29) is 17.3 Å². The lowest BCUT2D eigenvalue weighted by Crippen LogP contribution is -2.36. The summed E-state index contributed by atoms with van der Waals surface area (Å²) in [4.78, 5) is 32.4. The van der Waals surface area contributed by atoms with Crippen LogP contribution in [-0.2, 0) is 4.79 Å². The summed E-state index contributed by atoms with van der Waals surface area (Å²) in [6.07, 6.45) is 2.21. The summed E-state index contributed by atoms with van der Waals surface area (Å²) in [7, 11) is 0. The van der Waals surface area contributed by atoms with Gasteiger partial charge in [-0.25, -0.2) is 4.98 Å². The summed E-state index contributed by atoms with van der Waals surface area (Å²) >= 11 is 0. The molecule has 0 spiro atoms. The topological polar surface area (TPSA) is 136 Å². The Hall–Kier alpha value is -3.68. The molecule has 0 bridgehead atoms. The normalized spacial score (nSPS) is 12.0. The van der Waals surface area contributed by atoms with E-state index in [9.17, 15) is 9.59 Å². The predicted octanol–water partition coefficient (Wildman–Crippen LogP) is 2.78. The van der Waals surface area contributed by atoms with Crippen LogP contribution in [0, 0.1) is 5.92 Å². The molecular weight excluding hydrogens is 368 g/mol. The molecule has 2 amide bonds. The maximum absolute atomic E-state index is 11.8. The molecule has 0 unspecified atom stereocenters. The van der Waals surface area contributed by atoms with Crippen molar-refractivity contribution in [3.63, 3.8) is 0 Å². The van der Waals surface area contributed by atoms with Crippen molar-refractivity contribution < 1.29 is 9.59 Å². The third-order valence-electron chi connectivity index (χ3n) is 4.39. The van der Waals surface area contributed by atoms with Crippen LogP contribution < -0.4 is 22.1 Å². The first kappa shape index (κ1) is 20.1. The van der Waals surface area contributed by atoms with Crippen molar-refractivity contribution in [3.05, 3.63) is 54.2 Å². The Kier molecular flexibility index (Phi) is 5.92. The minimum atomic E-state index is -0.617. The zero-order valence-corrected chi connectivity index (χ0v) is 16.3. The number of carbonyl (C=O) groups excluding carboxylic acids is 2. The molecule has 150 valence electrons. The summed E-state index contributed by atoms with van der Waals surface area (Å²) in [6.45, 7) is 4.00. The fourth-order valence-corrected chi connectivity index (χ4v) is 3.01. The lowest BCUT2D eigenvalue weighted by molar-refractivity contribution is -0.119. The van der Waals surface area contributed by atoms with E-state index < -0.39 is 17.9 Å². The Bertz CT molecular complexity index is 1050. The minimum Gasteiger partial charge on any atom is -0.368 e. The first-order valence-corrected chi connectivity index (χ1v) is 9.32. The molecule has 0 radical (unpaired) electrons. The van der Waals surface area contributed by atoms with Crippen LogP contribution in [0.25, 0.3) is 10.9 Å². The maximum Gasteiger partial charge on any atom is 0.252 e. The highest BCUT2D eigenvalue weighted by atomic mass is 16.1. The first-order chi connectivity index (χ1) is 13.8. The molecule has 2 aromatic heterocycles. The van der Waals surface area contributed by atoms with Crippen LogP contribution in [-0.4, -0.2) is 27.8 Å². The van der Waals surface area contributed by atoms with Gasteiger partial charge in [0.1, 0.15) is 17.7 Å². The monoisotopic (exact) mass is 392 g/mol. The number of aromatic nitrogens is 2. The maximum atomic E-state index is 11.8. The molecule has 0 aliphatic heterocycles. The van der Waals surface area contributed by atoms with Crippen molar-refractivity contribution in [2.45, 2.75) is 26.3 Å². The second kappa shape index (κ2) is 8.55. The highest BCUT2D eigenvalue weighted by Gasteiger charge is 2.19. The van der Waals surface area contributed by atoms with Gasteiger partial charge in [-0.15, -0.1) is 0 Å². The molecule has 8 heteroatoms. The van der Waals surface area contributed by atoms with Gasteiger partial charge in [0.15, 0.2) is 0 Å². The molecule has 8 nitrogen and oxygen atoms in total. The lowest BCUT2D eigenvalue weighted by atomic mass is 10.0. The van der Waals surface area contributed by atoms with E-state index >= 15 is 0 Å². The van der Waals surface area contributed by atoms with Crippen LogP contribution in [0.3, 0.4) is 0 Å². The van der Waals surface area contributed by atoms with Gasteiger partial charge in [-0.2, -0.15) is 0 Å². The van der Waals surface area contributed by atoms with E-state index in [4.69, 9.17) is 11.5 Å². The number of nitrogens with zero attached hydrogens (tertiary/aromatic N) is 2. The van der Waals surface area contributed by atoms with Gasteiger partial charge in [-0.05, 0) is 36.6 Å². The van der Waals surface area contributed by atoms with Crippen LogP contribution in [0.1, 0.15) is 30.6 Å². The highest BCUT2D eigenvalue weighted by molar-refractivity contribution is 5.99. The molecule has 3 rings (SSSR count). The van der Waals surface area contributed by atoms with Gasteiger partial charge in [0.05, 0.1) is 23.0 Å². The van der Waals surface area contributed by atoms with Crippen molar-refractivity contribution in [1.82, 2.24) is 9.97 Å². The molecule has 3 aromatic rings. The Morgan fingerprint density at radius 3 is 2.55 bits per heavy atom. The lowest BCUT2D eigenvalue weighted by Gasteiger charge is -2.19. The molecule has 29 heavy (non-hydrogen) atoms. The van der Waals surface area contributed by atoms with Crippen molar-refractivity contribution in [2.75, 3.05) is 10.6 Å². The second-order valence-corrected chi connectivity index (χ2v) is 7.23. The number of primary amides is 2. The Labute approximate surface area is 168 Å². The van der Waals surface area contributed by atoms with Gasteiger partial charge in [-0.1, -0.05) is 32.0 Å². The largest absolute Gasteiger partial charge is 0.368 e. The van der Waals surface area contributed by atoms with Crippen LogP contribution in [0.2, 0.25) is 0 Å². The van der Waals surface area contributed by atoms with E-state index in [2.05, 4.69) is 20.6 Å². The molecule has 0 saturated heterocycles. The van der Waals surface area contributed by atoms with E-state index in [1.165, 1.54) is 0 Å². The average molecular weight is 392 g/mol. The van der Waals surface area contributed by atoms with E-state index in [1.807, 2.05) is 44.2 Å². The van der Waals surface area contributed by atoms with Crippen LogP contribution in [0.5, 0.6) is 0 Å². The number of pyridine rings is 2. The average Bonchev–Trinajstić information content (AvgIpc) is 2.67. The van der Waals surface area contributed by atoms with Crippen molar-refractivity contribution in [1.29, 1.82) is 0 Å². The van der Waals surface area contributed by atoms with Crippen LogP contribution in [0.15, 0.2) is 48.7 Å². The molecular formula is C21H24N6O2. The quantitative estimate of drug-likeness (QED) is 0.465. The number of fused-ring (bicyclic) bond motifs is 1. The number of nitrogens with one attached hydrogen (secondary N) is 2. The zero-order chi connectivity index (χ0) is 21.0. The molecule has 1 atom stereocenters. The van der Waals surface area contributed by atoms with Crippen LogP contribution >= 0.6 is 0 Å². The van der Waals surface area contributed by atoms with E-state index in [0.717, 1.165) is 10.9 Å². The number of nitrogens with two attached hydrogens (primary N) is 2. The highest BCUT2D eigenvalue weighted by Crippen LogP contribution is 2.24. The minimum absolute atomic E-state index is 0.225. The molecule has 6 N–H and O–H groups in total. The summed E-state index contributed by atoms with van der Waals surface area (Å²) in [5.41, 5.74) is 12.7. The SMILES string of the molecule is CC(C)C[C@@H](Nc1ccc(C(N)=O)c(Nc2cnc3ccccc3c2)n1)C(N)=O. The van der Waals surface area contributed by atoms with E-state index in [0.29, 0.717) is 17.9 Å². The van der Waals surface area contributed by atoms with Crippen LogP contribution in [0.4, 0.5) is 17.3 Å². The fourth-order valence-electron chi connectivity index (χ4n) is 3.01. The molecule has 2 heterocycles. The number of rotatable bonds is 8. The number of anilines is 3. The second-order valence-electron chi connectivity index (χ2n) is 7.23. The number of hydrogen-bond acceptors (Lipinski definition) is 6. The van der Waals surface area contributed by atoms with Gasteiger partial charge in [0, 0.05) is 5.39 Å². The summed E-state index contributed by atoms with van der Waals surface area (Å²) in [6, 6.07) is 12.2. The first-order valence-electron chi connectivity index (χ1n) is 9.32. The summed E-state index contributed by atoms with van der Waals surface area (Å²) in [5.74, 6) is -0.129. The van der Waals surface area contributed by atoms with Gasteiger partial charge < -0.3 is 22.1 Å². The molecule has 1 aromatic carbocycles. The number of carbonyl (C=O) groups is 2. The third-order valence-corrected chi connectivity index (χ3v) is 4.39. The summed E-state index contributed by atoms with van der Waals surface area (Å²) < 4.78 is 0. The van der Waals surface area contributed by atoms with Crippen molar-refractivity contribution in [2.24, 2.45) is 17.4 Å². The standard InChI is InChI=1S/C21H24N6O2/c1-12(2)9-17(20(23)29)26-18-8-7-15(19(22)28)21(27-18)25-14-10-13-5-3-4-6-16(13)24-11-14/h3-8,10-12,17H,9H2,1-2H3,(H2,22,28)(H2,23,29)(H2,25,26,27)/t17-/m1/s1. The third kappa shape index (κ3) is 4.98. The number of amides is 2. The Morgan fingerprint density at radius 2 is 1.86 bits per heavy atom. The van der Waals surface area contributed by atoms with Crippen molar-refractivity contribution >= 4 is 40.0 Å². The smallest absolute Gasteiger partial charge is 0.252 e. The molecule has 0 aliphatic rings. The zero-order valence-electron chi connectivity index (χ0n) is 16.3. The fraction of sp³-hybridized carbons (Fsp3) is 0.238. The molecule has 0 saturated carbocycles. The molecule has 0 aliphatic carbocycles. The van der Waals surface area contributed by atoms with Gasteiger partial charge in [0.2, 0.25) is 5.91 Å². The van der Waals surface area contributed by atoms with E-state index in [1.54, 1.807) is 18.3 Å².